The van der Waals surface area contributed by atoms with Crippen molar-refractivity contribution in [3.8, 4) is 5.88 Å². The van der Waals surface area contributed by atoms with Crippen LogP contribution in [0.1, 0.15) is 13.8 Å². The van der Waals surface area contributed by atoms with Gasteiger partial charge in [0, 0.05) is 6.20 Å². The lowest BCUT2D eigenvalue weighted by Crippen LogP contribution is -2.13. The van der Waals surface area contributed by atoms with Crippen molar-refractivity contribution < 1.29 is 14.3 Å². The number of ether oxygens (including phenoxy) is 2. The molecule has 1 heterocycles. The summed E-state index contributed by atoms with van der Waals surface area (Å²) in [6, 6.07) is 3.44. The zero-order valence-electron chi connectivity index (χ0n) is 9.56. The number of hydrogen-bond donors (Lipinski definition) is 0. The minimum absolute atomic E-state index is 0.271. The van der Waals surface area contributed by atoms with E-state index in [0.717, 1.165) is 0 Å². The summed E-state index contributed by atoms with van der Waals surface area (Å²) in [5.74, 6) is -0.0560. The van der Waals surface area contributed by atoms with Crippen LogP contribution in [-0.2, 0) is 9.53 Å². The number of rotatable bonds is 4. The summed E-state index contributed by atoms with van der Waals surface area (Å²) in [7, 11) is 1.50. The first-order chi connectivity index (χ1) is 7.69. The smallest absolute Gasteiger partial charge is 0.352 e. The highest BCUT2D eigenvalue weighted by atomic mass is 16.5. The molecular formula is C11H14N2O3. The van der Waals surface area contributed by atoms with E-state index in [1.807, 2.05) is 0 Å². The van der Waals surface area contributed by atoms with Gasteiger partial charge in [-0.3, -0.25) is 0 Å². The molecule has 0 bridgehead atoms. The van der Waals surface area contributed by atoms with Gasteiger partial charge >= 0.3 is 5.97 Å². The van der Waals surface area contributed by atoms with E-state index in [1.165, 1.54) is 7.11 Å². The van der Waals surface area contributed by atoms with Gasteiger partial charge < -0.3 is 9.47 Å². The average Bonchev–Trinajstić information content (AvgIpc) is 2.30. The number of carbonyl (C=O) groups excluding carboxylic acids is 1. The normalized spacial score (nSPS) is 11.1. The van der Waals surface area contributed by atoms with Crippen molar-refractivity contribution in [1.29, 1.82) is 0 Å². The summed E-state index contributed by atoms with van der Waals surface area (Å²) in [6.45, 7) is 3.66. The number of aromatic nitrogens is 1. The van der Waals surface area contributed by atoms with Crippen LogP contribution in [0.5, 0.6) is 5.88 Å². The first kappa shape index (κ1) is 12.2. The number of pyridine rings is 1. The monoisotopic (exact) mass is 222 g/mol. The van der Waals surface area contributed by atoms with Crippen LogP contribution < -0.4 is 4.74 Å². The molecule has 1 aromatic rings. The Morgan fingerprint density at radius 3 is 2.94 bits per heavy atom. The van der Waals surface area contributed by atoms with Gasteiger partial charge in [-0.1, -0.05) is 0 Å². The van der Waals surface area contributed by atoms with Gasteiger partial charge in [0.25, 0.3) is 0 Å². The van der Waals surface area contributed by atoms with Crippen molar-refractivity contribution in [1.82, 2.24) is 4.98 Å². The summed E-state index contributed by atoms with van der Waals surface area (Å²) in [6.07, 6.45) is 1.59. The molecule has 0 radical (unpaired) electrons. The Balaban J connectivity index is 2.93. The largest absolute Gasteiger partial charge is 0.479 e. The highest BCUT2D eigenvalue weighted by Gasteiger charge is 2.08. The zero-order valence-corrected chi connectivity index (χ0v) is 9.56. The molecule has 0 aliphatic carbocycles. The molecular weight excluding hydrogens is 208 g/mol. The molecule has 0 atom stereocenters. The molecule has 0 N–H and O–H groups in total. The van der Waals surface area contributed by atoms with E-state index >= 15 is 0 Å². The lowest BCUT2D eigenvalue weighted by Gasteiger charge is -2.04. The number of esters is 1. The maximum atomic E-state index is 11.3. The molecule has 0 spiro atoms. The minimum atomic E-state index is -0.437. The second kappa shape index (κ2) is 5.85. The molecule has 0 aromatic carbocycles. The quantitative estimate of drug-likeness (QED) is 0.575. The summed E-state index contributed by atoms with van der Waals surface area (Å²) in [5, 5.41) is 0. The van der Waals surface area contributed by atoms with E-state index < -0.39 is 5.97 Å². The number of aliphatic imine (C=N–C) groups is 1. The second-order valence-electron chi connectivity index (χ2n) is 2.95. The summed E-state index contributed by atoms with van der Waals surface area (Å²) in [5.41, 5.74) is 0.781. The summed E-state index contributed by atoms with van der Waals surface area (Å²) >= 11 is 0. The maximum absolute atomic E-state index is 11.3. The van der Waals surface area contributed by atoms with Crippen molar-refractivity contribution in [2.75, 3.05) is 13.7 Å². The number of hydrogen-bond acceptors (Lipinski definition) is 5. The van der Waals surface area contributed by atoms with Crippen molar-refractivity contribution in [2.45, 2.75) is 13.8 Å². The lowest BCUT2D eigenvalue weighted by molar-refractivity contribution is -0.135. The molecule has 5 heteroatoms. The van der Waals surface area contributed by atoms with Gasteiger partial charge in [-0.2, -0.15) is 0 Å². The first-order valence-electron chi connectivity index (χ1n) is 4.90. The van der Waals surface area contributed by atoms with Crippen molar-refractivity contribution >= 4 is 17.4 Å². The lowest BCUT2D eigenvalue weighted by atomic mass is 10.3. The van der Waals surface area contributed by atoms with Crippen LogP contribution in [0.25, 0.3) is 0 Å². The third-order valence-corrected chi connectivity index (χ3v) is 1.80. The molecule has 0 amide bonds. The molecule has 0 saturated carbocycles. The molecule has 0 unspecified atom stereocenters. The van der Waals surface area contributed by atoms with Gasteiger partial charge in [0.2, 0.25) is 5.88 Å². The van der Waals surface area contributed by atoms with Gasteiger partial charge in [0.1, 0.15) is 11.4 Å². The molecule has 0 saturated heterocycles. The summed E-state index contributed by atoms with van der Waals surface area (Å²) < 4.78 is 9.83. The highest BCUT2D eigenvalue weighted by Crippen LogP contribution is 2.23. The van der Waals surface area contributed by atoms with E-state index in [1.54, 1.807) is 32.2 Å². The van der Waals surface area contributed by atoms with Crippen LogP contribution in [-0.4, -0.2) is 30.4 Å². The van der Waals surface area contributed by atoms with Crippen LogP contribution in [0, 0.1) is 0 Å². The Morgan fingerprint density at radius 2 is 2.31 bits per heavy atom. The predicted molar refractivity (Wildman–Crippen MR) is 60.2 cm³/mol. The van der Waals surface area contributed by atoms with E-state index in [0.29, 0.717) is 18.2 Å². The fourth-order valence-corrected chi connectivity index (χ4v) is 1.09. The molecule has 5 nitrogen and oxygen atoms in total. The molecule has 0 fully saturated rings. The maximum Gasteiger partial charge on any atom is 0.352 e. The Bertz CT molecular complexity index is 402. The van der Waals surface area contributed by atoms with E-state index in [-0.39, 0.29) is 5.71 Å². The third-order valence-electron chi connectivity index (χ3n) is 1.80. The van der Waals surface area contributed by atoms with Crippen LogP contribution in [0.15, 0.2) is 23.3 Å². The highest BCUT2D eigenvalue weighted by molar-refractivity contribution is 6.36. The Morgan fingerprint density at radius 1 is 1.56 bits per heavy atom. The van der Waals surface area contributed by atoms with Crippen LogP contribution in [0.2, 0.25) is 0 Å². The Labute approximate surface area is 94.1 Å². The Hall–Kier alpha value is -1.91. The fraction of sp³-hybridized carbons (Fsp3) is 0.364. The predicted octanol–water partition coefficient (Wildman–Crippen LogP) is 1.75. The fourth-order valence-electron chi connectivity index (χ4n) is 1.09. The average molecular weight is 222 g/mol. The minimum Gasteiger partial charge on any atom is -0.479 e. The van der Waals surface area contributed by atoms with E-state index in [9.17, 15) is 4.79 Å². The van der Waals surface area contributed by atoms with Crippen LogP contribution >= 0.6 is 0 Å². The number of nitrogens with zero attached hydrogens (tertiary/aromatic N) is 2. The van der Waals surface area contributed by atoms with Gasteiger partial charge in [-0.25, -0.2) is 14.8 Å². The molecule has 1 aromatic heterocycles. The van der Waals surface area contributed by atoms with Crippen molar-refractivity contribution in [3.05, 3.63) is 18.3 Å². The van der Waals surface area contributed by atoms with Crippen LogP contribution in [0.3, 0.4) is 0 Å². The Kier molecular flexibility index (Phi) is 4.44. The molecule has 1 rings (SSSR count). The first-order valence-corrected chi connectivity index (χ1v) is 4.90. The van der Waals surface area contributed by atoms with Gasteiger partial charge in [-0.15, -0.1) is 0 Å². The topological polar surface area (TPSA) is 60.8 Å². The van der Waals surface area contributed by atoms with Gasteiger partial charge in [-0.05, 0) is 26.0 Å². The van der Waals surface area contributed by atoms with Crippen molar-refractivity contribution in [2.24, 2.45) is 4.99 Å². The van der Waals surface area contributed by atoms with Crippen LogP contribution in [0.4, 0.5) is 5.69 Å². The molecule has 0 aliphatic heterocycles. The second-order valence-corrected chi connectivity index (χ2v) is 2.95. The number of carbonyl (C=O) groups is 1. The molecule has 16 heavy (non-hydrogen) atoms. The van der Waals surface area contributed by atoms with Gasteiger partial charge in [0.05, 0.1) is 13.7 Å². The SMILES string of the molecule is CCOC(=O)C(C)=Nc1cccnc1OC. The van der Waals surface area contributed by atoms with E-state index in [4.69, 9.17) is 9.47 Å². The van der Waals surface area contributed by atoms with E-state index in [2.05, 4.69) is 9.98 Å². The third kappa shape index (κ3) is 3.05. The van der Waals surface area contributed by atoms with Crippen molar-refractivity contribution in [3.63, 3.8) is 0 Å². The molecule has 86 valence electrons. The van der Waals surface area contributed by atoms with Gasteiger partial charge in [0.15, 0.2) is 0 Å². The number of methoxy groups -OCH3 is 1. The zero-order chi connectivity index (χ0) is 12.0. The standard InChI is InChI=1S/C11H14N2O3/c1-4-16-11(14)8(2)13-9-6-5-7-12-10(9)15-3/h5-7H,4H2,1-3H3. The summed E-state index contributed by atoms with van der Waals surface area (Å²) in [4.78, 5) is 19.4. The molecule has 0 aliphatic rings.